The highest BCUT2D eigenvalue weighted by Gasteiger charge is 1.89. The summed E-state index contributed by atoms with van der Waals surface area (Å²) in [5.41, 5.74) is 0. The van der Waals surface area contributed by atoms with Gasteiger partial charge in [0.05, 0.1) is 22.5 Å². The molecular formula is C14H26O6S2. The van der Waals surface area contributed by atoms with E-state index in [4.69, 9.17) is 19.8 Å². The number of carboxylic acid groups (broad SMARTS) is 2. The molecular weight excluding hydrogens is 328 g/mol. The molecule has 0 spiro atoms. The highest BCUT2D eigenvalue weighted by molar-refractivity contribution is 7.65. The van der Waals surface area contributed by atoms with E-state index < -0.39 is 11.9 Å². The van der Waals surface area contributed by atoms with Crippen molar-refractivity contribution in [3.05, 3.63) is 0 Å². The van der Waals surface area contributed by atoms with Crippen LogP contribution in [0.2, 0.25) is 0 Å². The van der Waals surface area contributed by atoms with Gasteiger partial charge in [-0.1, -0.05) is 25.7 Å². The Bertz CT molecular complexity index is 328. The first-order valence-electron chi connectivity index (χ1n) is 6.98. The topological polar surface area (TPSA) is 109 Å². The Kier molecular flexibility index (Phi) is 28.8. The predicted molar refractivity (Wildman–Crippen MR) is 92.0 cm³/mol. The standard InChI is InChI=1S/C10H18O2S2.2C2H4O2/c11-13-9-7-5-3-1-2-4-6-8-10-14-12;2*1-2(3)4/h9-10H,1-8H2;2*1H3,(H,3,4). The summed E-state index contributed by atoms with van der Waals surface area (Å²) < 4.78 is 20.0. The van der Waals surface area contributed by atoms with Gasteiger partial charge in [-0.05, 0) is 25.7 Å². The molecule has 0 aromatic carbocycles. The van der Waals surface area contributed by atoms with Gasteiger partial charge in [0.15, 0.2) is 0 Å². The molecule has 0 aromatic heterocycles. The van der Waals surface area contributed by atoms with Crippen molar-refractivity contribution in [1.82, 2.24) is 0 Å². The van der Waals surface area contributed by atoms with Crippen molar-refractivity contribution in [3.63, 3.8) is 0 Å². The van der Waals surface area contributed by atoms with Crippen molar-refractivity contribution in [2.24, 2.45) is 0 Å². The molecule has 0 atom stereocenters. The fraction of sp³-hybridized carbons (Fsp3) is 0.714. The Morgan fingerprint density at radius 3 is 1.18 bits per heavy atom. The van der Waals surface area contributed by atoms with Gasteiger partial charge in [-0.25, -0.2) is 8.42 Å². The van der Waals surface area contributed by atoms with Crippen LogP contribution in [0.25, 0.3) is 0 Å². The van der Waals surface area contributed by atoms with E-state index in [2.05, 4.69) is 0 Å². The van der Waals surface area contributed by atoms with Crippen LogP contribution in [0.4, 0.5) is 0 Å². The normalized spacial score (nSPS) is 8.27. The Morgan fingerprint density at radius 2 is 0.955 bits per heavy atom. The average Bonchev–Trinajstić information content (AvgIpc) is 2.40. The SMILES string of the molecule is CC(=O)O.CC(=O)O.O=S=CCCCCCCCCC=S=O. The van der Waals surface area contributed by atoms with Crippen LogP contribution >= 0.6 is 0 Å². The second kappa shape index (κ2) is 24.7. The molecule has 0 saturated carbocycles. The van der Waals surface area contributed by atoms with Crippen molar-refractivity contribution in [2.75, 3.05) is 0 Å². The van der Waals surface area contributed by atoms with E-state index >= 15 is 0 Å². The van der Waals surface area contributed by atoms with Crippen LogP contribution in [0.1, 0.15) is 65.2 Å². The van der Waals surface area contributed by atoms with Crippen molar-refractivity contribution in [1.29, 1.82) is 0 Å². The van der Waals surface area contributed by atoms with Gasteiger partial charge in [-0.15, -0.1) is 0 Å². The number of hydrogen-bond acceptors (Lipinski definition) is 4. The second-order valence-electron chi connectivity index (χ2n) is 4.26. The minimum absolute atomic E-state index is 0.568. The number of carboxylic acids is 2. The zero-order valence-corrected chi connectivity index (χ0v) is 14.8. The lowest BCUT2D eigenvalue weighted by Gasteiger charge is -1.97. The molecule has 0 saturated heterocycles. The number of unbranched alkanes of at least 4 members (excludes halogenated alkanes) is 7. The maximum Gasteiger partial charge on any atom is 0.300 e. The van der Waals surface area contributed by atoms with Gasteiger partial charge in [-0.3, -0.25) is 9.59 Å². The largest absolute Gasteiger partial charge is 0.481 e. The summed E-state index contributed by atoms with van der Waals surface area (Å²) in [4.78, 5) is 18.0. The number of hydrogen-bond donors (Lipinski definition) is 2. The summed E-state index contributed by atoms with van der Waals surface area (Å²) in [6.07, 6.45) is 9.09. The van der Waals surface area contributed by atoms with Gasteiger partial charge in [-0.2, -0.15) is 0 Å². The zero-order valence-electron chi connectivity index (χ0n) is 13.2. The summed E-state index contributed by atoms with van der Waals surface area (Å²) in [5.74, 6) is -1.67. The van der Waals surface area contributed by atoms with Gasteiger partial charge >= 0.3 is 0 Å². The summed E-state index contributed by atoms with van der Waals surface area (Å²) >= 11 is 1.14. The van der Waals surface area contributed by atoms with Crippen LogP contribution in [0, 0.1) is 0 Å². The van der Waals surface area contributed by atoms with Crippen molar-refractivity contribution < 1.29 is 28.2 Å². The number of carbonyl (C=O) groups is 2. The molecule has 22 heavy (non-hydrogen) atoms. The maximum absolute atomic E-state index is 10.00. The third-order valence-electron chi connectivity index (χ3n) is 2.03. The molecule has 0 aliphatic carbocycles. The predicted octanol–water partition coefficient (Wildman–Crippen LogP) is 2.32. The average molecular weight is 354 g/mol. The fourth-order valence-electron chi connectivity index (χ4n) is 1.26. The molecule has 0 aromatic rings. The van der Waals surface area contributed by atoms with Gasteiger partial charge in [0, 0.05) is 24.6 Å². The van der Waals surface area contributed by atoms with E-state index in [1.807, 2.05) is 0 Å². The molecule has 0 fully saturated rings. The molecule has 0 radical (unpaired) electrons. The maximum atomic E-state index is 10.00. The molecule has 0 aliphatic rings. The zero-order chi connectivity index (χ0) is 17.6. The lowest BCUT2D eigenvalue weighted by molar-refractivity contribution is -0.135. The Labute approximate surface area is 139 Å². The van der Waals surface area contributed by atoms with Gasteiger partial charge in [0.25, 0.3) is 11.9 Å². The smallest absolute Gasteiger partial charge is 0.300 e. The third-order valence-corrected chi connectivity index (χ3v) is 2.77. The summed E-state index contributed by atoms with van der Waals surface area (Å²) in [5, 5.41) is 18.3. The monoisotopic (exact) mass is 354 g/mol. The van der Waals surface area contributed by atoms with E-state index in [1.165, 1.54) is 25.7 Å². The van der Waals surface area contributed by atoms with E-state index in [0.29, 0.717) is 22.5 Å². The van der Waals surface area contributed by atoms with Crippen LogP contribution in [-0.2, 0) is 32.1 Å². The number of rotatable bonds is 9. The highest BCUT2D eigenvalue weighted by atomic mass is 32.1. The van der Waals surface area contributed by atoms with Gasteiger partial charge in [0.2, 0.25) is 0 Å². The summed E-state index contributed by atoms with van der Waals surface area (Å²) in [6.45, 7) is 2.17. The van der Waals surface area contributed by atoms with E-state index in [1.54, 1.807) is 10.7 Å². The second-order valence-corrected chi connectivity index (χ2v) is 5.31. The van der Waals surface area contributed by atoms with E-state index in [0.717, 1.165) is 39.5 Å². The minimum atomic E-state index is -0.833. The molecule has 0 amide bonds. The lowest BCUT2D eigenvalue weighted by Crippen LogP contribution is -1.82. The van der Waals surface area contributed by atoms with E-state index in [-0.39, 0.29) is 0 Å². The van der Waals surface area contributed by atoms with Crippen LogP contribution < -0.4 is 0 Å². The molecule has 0 heterocycles. The van der Waals surface area contributed by atoms with Crippen LogP contribution in [0.3, 0.4) is 0 Å². The van der Waals surface area contributed by atoms with Crippen molar-refractivity contribution >= 4 is 45.2 Å². The molecule has 0 bridgehead atoms. The Hall–Kier alpha value is -1.28. The molecule has 6 nitrogen and oxygen atoms in total. The molecule has 8 heteroatoms. The van der Waals surface area contributed by atoms with Crippen LogP contribution in [0.5, 0.6) is 0 Å². The molecule has 0 unspecified atom stereocenters. The van der Waals surface area contributed by atoms with Crippen LogP contribution in [0.15, 0.2) is 0 Å². The van der Waals surface area contributed by atoms with Crippen molar-refractivity contribution in [2.45, 2.75) is 65.2 Å². The molecule has 0 aliphatic heterocycles. The highest BCUT2D eigenvalue weighted by Crippen LogP contribution is 2.07. The quantitative estimate of drug-likeness (QED) is 0.486. The Morgan fingerprint density at radius 1 is 0.727 bits per heavy atom. The minimum Gasteiger partial charge on any atom is -0.481 e. The molecule has 2 N–H and O–H groups in total. The van der Waals surface area contributed by atoms with E-state index in [9.17, 15) is 8.42 Å². The molecule has 130 valence electrons. The first-order chi connectivity index (χ1) is 10.4. The fourth-order valence-corrected chi connectivity index (χ4v) is 1.78. The summed E-state index contributed by atoms with van der Waals surface area (Å²) in [7, 11) is 0. The van der Waals surface area contributed by atoms with Crippen molar-refractivity contribution in [3.8, 4) is 0 Å². The van der Waals surface area contributed by atoms with Gasteiger partial charge in [0.1, 0.15) is 0 Å². The first-order valence-corrected chi connectivity index (χ1v) is 8.59. The number of aliphatic carboxylic acids is 2. The first kappa shape index (κ1) is 25.7. The lowest BCUT2D eigenvalue weighted by atomic mass is 10.1. The molecule has 0 rings (SSSR count). The third kappa shape index (κ3) is 62.2. The van der Waals surface area contributed by atoms with Gasteiger partial charge < -0.3 is 10.2 Å². The van der Waals surface area contributed by atoms with Crippen LogP contribution in [-0.4, -0.2) is 41.3 Å². The Balaban J connectivity index is -0.000000372. The summed E-state index contributed by atoms with van der Waals surface area (Å²) in [6, 6.07) is 0.